The summed E-state index contributed by atoms with van der Waals surface area (Å²) in [7, 11) is 1.49. The first kappa shape index (κ1) is 13.5. The quantitative estimate of drug-likeness (QED) is 0.741. The van der Waals surface area contributed by atoms with Crippen LogP contribution in [0.2, 0.25) is 0 Å². The number of hydrogen-bond donors (Lipinski definition) is 1. The van der Waals surface area contributed by atoms with E-state index in [1.54, 1.807) is 0 Å². The van der Waals surface area contributed by atoms with E-state index in [1.807, 2.05) is 0 Å². The predicted octanol–water partition coefficient (Wildman–Crippen LogP) is 1.23. The monoisotopic (exact) mass is 233 g/mol. The van der Waals surface area contributed by atoms with Crippen LogP contribution >= 0.6 is 12.4 Å². The molecule has 0 aromatic rings. The summed E-state index contributed by atoms with van der Waals surface area (Å²) in [5.41, 5.74) is 0. The van der Waals surface area contributed by atoms with E-state index in [0.717, 1.165) is 0 Å². The van der Waals surface area contributed by atoms with E-state index in [2.05, 4.69) is 0 Å². The molecular formula is C7H11ClF3NO2. The molecule has 0 radical (unpaired) electrons. The standard InChI is InChI=1S/C7H10F3NO2.ClH/c1-11-2-4(6(12)13)5(3-11)7(8,9)10;/h4-5H,2-3H2,1H3,(H,12,13);1H/t4-,5-;/m1./s1. The van der Waals surface area contributed by atoms with E-state index in [4.69, 9.17) is 5.11 Å². The fraction of sp³-hybridized carbons (Fsp3) is 0.857. The zero-order valence-electron chi connectivity index (χ0n) is 7.41. The van der Waals surface area contributed by atoms with Gasteiger partial charge in [-0.1, -0.05) is 0 Å². The molecule has 3 nitrogen and oxygen atoms in total. The molecule has 1 saturated heterocycles. The van der Waals surface area contributed by atoms with Crippen molar-refractivity contribution in [1.82, 2.24) is 4.90 Å². The largest absolute Gasteiger partial charge is 0.481 e. The van der Waals surface area contributed by atoms with Crippen molar-refractivity contribution in [2.75, 3.05) is 20.1 Å². The fourth-order valence-electron chi connectivity index (χ4n) is 1.58. The van der Waals surface area contributed by atoms with Crippen LogP contribution in [0, 0.1) is 11.8 Å². The van der Waals surface area contributed by atoms with Gasteiger partial charge >= 0.3 is 12.1 Å². The van der Waals surface area contributed by atoms with Crippen molar-refractivity contribution < 1.29 is 23.1 Å². The Kier molecular flexibility index (Phi) is 4.20. The maximum atomic E-state index is 12.3. The van der Waals surface area contributed by atoms with Gasteiger partial charge in [0.15, 0.2) is 0 Å². The average Bonchev–Trinajstić information content (AvgIpc) is 2.29. The molecule has 2 atom stereocenters. The summed E-state index contributed by atoms with van der Waals surface area (Å²) in [5, 5.41) is 8.54. The van der Waals surface area contributed by atoms with Crippen molar-refractivity contribution in [1.29, 1.82) is 0 Å². The van der Waals surface area contributed by atoms with Crippen LogP contribution in [0.1, 0.15) is 0 Å². The molecule has 0 saturated carbocycles. The first-order valence-electron chi connectivity index (χ1n) is 3.80. The Morgan fingerprint density at radius 3 is 2.21 bits per heavy atom. The second kappa shape index (κ2) is 4.35. The van der Waals surface area contributed by atoms with E-state index in [0.29, 0.717) is 0 Å². The highest BCUT2D eigenvalue weighted by Gasteiger charge is 2.51. The Morgan fingerprint density at radius 2 is 1.93 bits per heavy atom. The summed E-state index contributed by atoms with van der Waals surface area (Å²) < 4.78 is 36.8. The summed E-state index contributed by atoms with van der Waals surface area (Å²) in [6, 6.07) is 0. The van der Waals surface area contributed by atoms with E-state index in [-0.39, 0.29) is 25.5 Å². The predicted molar refractivity (Wildman–Crippen MR) is 45.4 cm³/mol. The van der Waals surface area contributed by atoms with Crippen LogP contribution < -0.4 is 0 Å². The van der Waals surface area contributed by atoms with Gasteiger partial charge in [0.1, 0.15) is 0 Å². The van der Waals surface area contributed by atoms with E-state index in [9.17, 15) is 18.0 Å². The summed E-state index contributed by atoms with van der Waals surface area (Å²) in [4.78, 5) is 11.9. The molecule has 0 spiro atoms. The second-order valence-electron chi connectivity index (χ2n) is 3.31. The molecule has 0 amide bonds. The Morgan fingerprint density at radius 1 is 1.43 bits per heavy atom. The lowest BCUT2D eigenvalue weighted by Gasteiger charge is -2.17. The molecule has 0 unspecified atom stereocenters. The number of carboxylic acid groups (broad SMARTS) is 1. The molecule has 1 aliphatic rings. The summed E-state index contributed by atoms with van der Waals surface area (Å²) >= 11 is 0. The molecule has 1 fully saturated rings. The zero-order chi connectivity index (χ0) is 10.2. The Hall–Kier alpha value is -0.490. The first-order valence-corrected chi connectivity index (χ1v) is 3.80. The van der Waals surface area contributed by atoms with Gasteiger partial charge in [-0.3, -0.25) is 4.79 Å². The lowest BCUT2D eigenvalue weighted by atomic mass is 9.96. The van der Waals surface area contributed by atoms with Crippen LogP contribution in [0.5, 0.6) is 0 Å². The van der Waals surface area contributed by atoms with Gasteiger partial charge < -0.3 is 10.0 Å². The highest BCUT2D eigenvalue weighted by molar-refractivity contribution is 5.85. The van der Waals surface area contributed by atoms with Crippen molar-refractivity contribution >= 4 is 18.4 Å². The number of likely N-dealkylation sites (tertiary alicyclic amines) is 1. The van der Waals surface area contributed by atoms with Gasteiger partial charge in [0.25, 0.3) is 0 Å². The van der Waals surface area contributed by atoms with Crippen LogP contribution in [-0.2, 0) is 4.79 Å². The molecule has 1 heterocycles. The van der Waals surface area contributed by atoms with Gasteiger partial charge in [0, 0.05) is 13.1 Å². The van der Waals surface area contributed by atoms with Crippen LogP contribution in [0.4, 0.5) is 13.2 Å². The smallest absolute Gasteiger partial charge is 0.393 e. The van der Waals surface area contributed by atoms with Crippen molar-refractivity contribution in [3.8, 4) is 0 Å². The third-order valence-corrected chi connectivity index (χ3v) is 2.24. The lowest BCUT2D eigenvalue weighted by Crippen LogP contribution is -2.33. The van der Waals surface area contributed by atoms with Crippen molar-refractivity contribution in [2.24, 2.45) is 11.8 Å². The number of carbonyl (C=O) groups is 1. The molecule has 14 heavy (non-hydrogen) atoms. The van der Waals surface area contributed by atoms with Crippen LogP contribution in [-0.4, -0.2) is 42.3 Å². The van der Waals surface area contributed by atoms with Crippen molar-refractivity contribution in [3.63, 3.8) is 0 Å². The Labute approximate surface area is 85.3 Å². The third kappa shape index (κ3) is 2.75. The number of alkyl halides is 3. The molecule has 0 aliphatic carbocycles. The molecule has 7 heteroatoms. The third-order valence-electron chi connectivity index (χ3n) is 2.24. The van der Waals surface area contributed by atoms with E-state index < -0.39 is 24.0 Å². The average molecular weight is 234 g/mol. The lowest BCUT2D eigenvalue weighted by molar-refractivity contribution is -0.188. The molecular weight excluding hydrogens is 223 g/mol. The molecule has 1 aliphatic heterocycles. The van der Waals surface area contributed by atoms with Crippen LogP contribution in [0.25, 0.3) is 0 Å². The number of carboxylic acids is 1. The topological polar surface area (TPSA) is 40.5 Å². The first-order chi connectivity index (χ1) is 5.82. The number of nitrogens with zero attached hydrogens (tertiary/aromatic N) is 1. The van der Waals surface area contributed by atoms with Gasteiger partial charge in [-0.15, -0.1) is 12.4 Å². The molecule has 0 aromatic carbocycles. The highest BCUT2D eigenvalue weighted by Crippen LogP contribution is 2.36. The van der Waals surface area contributed by atoms with Gasteiger partial charge in [-0.2, -0.15) is 13.2 Å². The normalized spacial score (nSPS) is 28.6. The second-order valence-corrected chi connectivity index (χ2v) is 3.31. The summed E-state index contributed by atoms with van der Waals surface area (Å²) in [6.45, 7) is -0.250. The van der Waals surface area contributed by atoms with E-state index in [1.165, 1.54) is 11.9 Å². The van der Waals surface area contributed by atoms with Crippen molar-refractivity contribution in [3.05, 3.63) is 0 Å². The highest BCUT2D eigenvalue weighted by atomic mass is 35.5. The van der Waals surface area contributed by atoms with Crippen molar-refractivity contribution in [2.45, 2.75) is 6.18 Å². The fourth-order valence-corrected chi connectivity index (χ4v) is 1.58. The van der Waals surface area contributed by atoms with Gasteiger partial charge in [-0.25, -0.2) is 0 Å². The molecule has 1 rings (SSSR count). The number of rotatable bonds is 1. The SMILES string of the molecule is CN1C[C@@H](C(F)(F)F)[C@H](C(=O)O)C1.Cl. The zero-order valence-corrected chi connectivity index (χ0v) is 8.23. The Balaban J connectivity index is 0.00000169. The van der Waals surface area contributed by atoms with Crippen LogP contribution in [0.3, 0.4) is 0 Å². The summed E-state index contributed by atoms with van der Waals surface area (Å²) in [6.07, 6.45) is -4.41. The van der Waals surface area contributed by atoms with Crippen LogP contribution in [0.15, 0.2) is 0 Å². The minimum atomic E-state index is -4.41. The van der Waals surface area contributed by atoms with Gasteiger partial charge in [0.05, 0.1) is 11.8 Å². The maximum absolute atomic E-state index is 12.3. The van der Waals surface area contributed by atoms with Gasteiger partial charge in [-0.05, 0) is 7.05 Å². The minimum absolute atomic E-state index is 0. The van der Waals surface area contributed by atoms with Gasteiger partial charge in [0.2, 0.25) is 0 Å². The molecule has 1 N–H and O–H groups in total. The number of hydrogen-bond acceptors (Lipinski definition) is 2. The molecule has 84 valence electrons. The number of aliphatic carboxylic acids is 1. The molecule has 0 aromatic heterocycles. The Bertz CT molecular complexity index is 221. The summed E-state index contributed by atoms with van der Waals surface area (Å²) in [5.74, 6) is -4.41. The molecule has 0 bridgehead atoms. The number of halogens is 4. The van der Waals surface area contributed by atoms with E-state index >= 15 is 0 Å². The maximum Gasteiger partial charge on any atom is 0.393 e. The minimum Gasteiger partial charge on any atom is -0.481 e.